The summed E-state index contributed by atoms with van der Waals surface area (Å²) in [5.41, 5.74) is 4.02. The second-order valence-corrected chi connectivity index (χ2v) is 4.45. The summed E-state index contributed by atoms with van der Waals surface area (Å²) in [6, 6.07) is 6.15. The normalized spacial score (nSPS) is 15.6. The molecule has 0 saturated heterocycles. The van der Waals surface area contributed by atoms with Crippen LogP contribution in [0.2, 0.25) is 5.02 Å². The number of halogens is 1. The molecule has 0 aliphatic heterocycles. The Hall–Kier alpha value is -0.950. The lowest BCUT2D eigenvalue weighted by Gasteiger charge is -2.12. The number of para-hydroxylation sites is 1. The second-order valence-electron chi connectivity index (χ2n) is 4.05. The summed E-state index contributed by atoms with van der Waals surface area (Å²) in [6.45, 7) is 0. The van der Waals surface area contributed by atoms with Gasteiger partial charge in [-0.2, -0.15) is 0 Å². The Kier molecular flexibility index (Phi) is 2.03. The summed E-state index contributed by atoms with van der Waals surface area (Å²) < 4.78 is 2.24. The van der Waals surface area contributed by atoms with Crippen LogP contribution in [0.3, 0.4) is 0 Å². The summed E-state index contributed by atoms with van der Waals surface area (Å²) in [5, 5.41) is 2.15. The first-order chi connectivity index (χ1) is 7.29. The summed E-state index contributed by atoms with van der Waals surface area (Å²) in [4.78, 5) is 0. The molecule has 2 heteroatoms. The van der Waals surface area contributed by atoms with Crippen LogP contribution in [0.5, 0.6) is 0 Å². The van der Waals surface area contributed by atoms with E-state index in [2.05, 4.69) is 24.1 Å². The van der Waals surface area contributed by atoms with Crippen molar-refractivity contribution < 1.29 is 0 Å². The molecule has 1 aliphatic rings. The maximum Gasteiger partial charge on any atom is 0.0672 e. The number of hydrogen-bond donors (Lipinski definition) is 0. The third-order valence-electron chi connectivity index (χ3n) is 3.24. The average Bonchev–Trinajstić information content (AvgIpc) is 2.55. The van der Waals surface area contributed by atoms with Crippen molar-refractivity contribution in [1.82, 2.24) is 4.57 Å². The highest BCUT2D eigenvalue weighted by molar-refractivity contribution is 6.35. The first-order valence-electron chi connectivity index (χ1n) is 5.24. The Labute approximate surface area is 94.7 Å². The molecule has 0 unspecified atom stereocenters. The van der Waals surface area contributed by atoms with E-state index in [1.807, 2.05) is 12.1 Å². The zero-order chi connectivity index (χ0) is 10.4. The van der Waals surface area contributed by atoms with Gasteiger partial charge in [-0.3, -0.25) is 0 Å². The lowest BCUT2D eigenvalue weighted by Crippen LogP contribution is -2.05. The molecule has 1 nitrogen and oxygen atoms in total. The molecule has 2 radical (unpaired) electrons. The smallest absolute Gasteiger partial charge is 0.0672 e. The Morgan fingerprint density at radius 1 is 1.40 bits per heavy atom. The SMILES string of the molecule is Cn1c2c(c3cccc(Cl)c31)C[C]CC2. The van der Waals surface area contributed by atoms with Crippen molar-refractivity contribution in [2.45, 2.75) is 19.3 Å². The van der Waals surface area contributed by atoms with E-state index in [4.69, 9.17) is 11.6 Å². The Morgan fingerprint density at radius 2 is 2.27 bits per heavy atom. The maximum absolute atomic E-state index is 6.24. The molecule has 1 heterocycles. The number of nitrogens with zero attached hydrogens (tertiary/aromatic N) is 1. The molecule has 2 aromatic rings. The van der Waals surface area contributed by atoms with Crippen molar-refractivity contribution in [2.75, 3.05) is 0 Å². The fourth-order valence-electron chi connectivity index (χ4n) is 2.53. The van der Waals surface area contributed by atoms with Crippen LogP contribution in [-0.2, 0) is 19.9 Å². The Morgan fingerprint density at radius 3 is 3.13 bits per heavy atom. The van der Waals surface area contributed by atoms with E-state index in [-0.39, 0.29) is 0 Å². The van der Waals surface area contributed by atoms with Gasteiger partial charge in [-0.25, -0.2) is 0 Å². The van der Waals surface area contributed by atoms with Crippen LogP contribution in [0.15, 0.2) is 18.2 Å². The maximum atomic E-state index is 6.24. The van der Waals surface area contributed by atoms with Crippen molar-refractivity contribution in [3.8, 4) is 0 Å². The zero-order valence-corrected chi connectivity index (χ0v) is 9.43. The second kappa shape index (κ2) is 3.28. The van der Waals surface area contributed by atoms with Crippen molar-refractivity contribution >= 4 is 22.5 Å². The number of rotatable bonds is 0. The van der Waals surface area contributed by atoms with Crippen molar-refractivity contribution in [3.63, 3.8) is 0 Å². The number of fused-ring (bicyclic) bond motifs is 3. The molecule has 3 rings (SSSR count). The van der Waals surface area contributed by atoms with Crippen molar-refractivity contribution in [3.05, 3.63) is 40.9 Å². The summed E-state index contributed by atoms with van der Waals surface area (Å²) >= 11 is 6.24. The highest BCUT2D eigenvalue weighted by Gasteiger charge is 2.19. The van der Waals surface area contributed by atoms with Gasteiger partial charge in [-0.15, -0.1) is 0 Å². The van der Waals surface area contributed by atoms with Gasteiger partial charge in [0, 0.05) is 18.1 Å². The lowest BCUT2D eigenvalue weighted by molar-refractivity contribution is 0.753. The summed E-state index contributed by atoms with van der Waals surface area (Å²) in [5.74, 6) is 0. The fraction of sp³-hybridized carbons (Fsp3) is 0.308. The van der Waals surface area contributed by atoms with Crippen molar-refractivity contribution in [2.24, 2.45) is 7.05 Å². The summed E-state index contributed by atoms with van der Waals surface area (Å²) in [7, 11) is 2.11. The van der Waals surface area contributed by atoms with Gasteiger partial charge in [-0.05, 0) is 37.3 Å². The Balaban J connectivity index is 2.44. The first kappa shape index (κ1) is 9.29. The molecule has 1 aromatic heterocycles. The molecule has 0 amide bonds. The van der Waals surface area contributed by atoms with Crippen LogP contribution in [0.1, 0.15) is 17.7 Å². The van der Waals surface area contributed by atoms with Crippen LogP contribution in [0.25, 0.3) is 10.9 Å². The van der Waals surface area contributed by atoms with Gasteiger partial charge >= 0.3 is 0 Å². The standard InChI is InChI=1S/C13H12ClN/c1-15-12-8-3-2-5-9(12)10-6-4-7-11(14)13(10)15/h4,6-7H,3,5,8H2,1H3. The quantitative estimate of drug-likeness (QED) is 0.638. The van der Waals surface area contributed by atoms with E-state index in [1.54, 1.807) is 0 Å². The van der Waals surface area contributed by atoms with Gasteiger partial charge in [0.05, 0.1) is 10.5 Å². The minimum atomic E-state index is 0.851. The number of hydrogen-bond acceptors (Lipinski definition) is 0. The molecule has 15 heavy (non-hydrogen) atoms. The van der Waals surface area contributed by atoms with Crippen LogP contribution >= 0.6 is 11.6 Å². The number of aryl methyl sites for hydroxylation is 1. The number of benzene rings is 1. The molecule has 0 N–H and O–H groups in total. The lowest BCUT2D eigenvalue weighted by atomic mass is 9.96. The molecule has 0 fully saturated rings. The van der Waals surface area contributed by atoms with E-state index in [0.29, 0.717) is 0 Å². The highest BCUT2D eigenvalue weighted by Crippen LogP contribution is 2.34. The molecule has 1 aromatic carbocycles. The molecule has 0 bridgehead atoms. The minimum Gasteiger partial charge on any atom is -0.346 e. The third-order valence-corrected chi connectivity index (χ3v) is 3.55. The van der Waals surface area contributed by atoms with Crippen LogP contribution in [0, 0.1) is 6.42 Å². The van der Waals surface area contributed by atoms with Gasteiger partial charge in [-0.1, -0.05) is 23.7 Å². The van der Waals surface area contributed by atoms with E-state index in [1.165, 1.54) is 22.2 Å². The van der Waals surface area contributed by atoms with Crippen LogP contribution in [0.4, 0.5) is 0 Å². The fourth-order valence-corrected chi connectivity index (χ4v) is 2.83. The molecule has 0 atom stereocenters. The van der Waals surface area contributed by atoms with E-state index < -0.39 is 0 Å². The minimum absolute atomic E-state index is 0.851. The molecule has 0 spiro atoms. The van der Waals surface area contributed by atoms with Gasteiger partial charge in [0.25, 0.3) is 0 Å². The first-order valence-corrected chi connectivity index (χ1v) is 5.62. The topological polar surface area (TPSA) is 4.93 Å². The van der Waals surface area contributed by atoms with Crippen molar-refractivity contribution in [1.29, 1.82) is 0 Å². The third kappa shape index (κ3) is 1.23. The van der Waals surface area contributed by atoms with Crippen LogP contribution < -0.4 is 0 Å². The van der Waals surface area contributed by atoms with Gasteiger partial charge in [0.2, 0.25) is 0 Å². The van der Waals surface area contributed by atoms with Crippen LogP contribution in [-0.4, -0.2) is 4.57 Å². The highest BCUT2D eigenvalue weighted by atomic mass is 35.5. The van der Waals surface area contributed by atoms with Gasteiger partial charge in [0.1, 0.15) is 0 Å². The summed E-state index contributed by atoms with van der Waals surface area (Å²) in [6.07, 6.45) is 6.53. The molecule has 0 saturated carbocycles. The number of aromatic nitrogens is 1. The van der Waals surface area contributed by atoms with Gasteiger partial charge in [0.15, 0.2) is 0 Å². The molecule has 1 aliphatic carbocycles. The Bertz CT molecular complexity index is 525. The van der Waals surface area contributed by atoms with E-state index >= 15 is 0 Å². The molecular weight excluding hydrogens is 206 g/mol. The molecule has 76 valence electrons. The largest absolute Gasteiger partial charge is 0.346 e. The van der Waals surface area contributed by atoms with Gasteiger partial charge < -0.3 is 4.57 Å². The van der Waals surface area contributed by atoms with E-state index in [9.17, 15) is 0 Å². The monoisotopic (exact) mass is 217 g/mol. The zero-order valence-electron chi connectivity index (χ0n) is 8.68. The predicted molar refractivity (Wildman–Crippen MR) is 63.2 cm³/mol. The average molecular weight is 218 g/mol. The predicted octanol–water partition coefficient (Wildman–Crippen LogP) is 3.40. The van der Waals surface area contributed by atoms with E-state index in [0.717, 1.165) is 24.3 Å². The molecular formula is C13H12ClN.